The molecule has 100 valence electrons. The van der Waals surface area contributed by atoms with Crippen molar-refractivity contribution in [2.45, 2.75) is 6.92 Å². The van der Waals surface area contributed by atoms with Crippen LogP contribution in [0.2, 0.25) is 0 Å². The molecule has 0 amide bonds. The molecule has 0 saturated carbocycles. The van der Waals surface area contributed by atoms with E-state index in [2.05, 4.69) is 47.1 Å². The predicted molar refractivity (Wildman–Crippen MR) is 78.1 cm³/mol. The SMILES string of the molecule is CCNc1ncnc(Oc2cc(F)ccc2Br)c1Br. The van der Waals surface area contributed by atoms with Crippen molar-refractivity contribution in [2.24, 2.45) is 0 Å². The van der Waals surface area contributed by atoms with Gasteiger partial charge in [0.25, 0.3) is 0 Å². The topological polar surface area (TPSA) is 47.0 Å². The number of rotatable bonds is 4. The Bertz CT molecular complexity index is 595. The minimum Gasteiger partial charge on any atom is -0.436 e. The zero-order chi connectivity index (χ0) is 13.8. The Labute approximate surface area is 126 Å². The Kier molecular flexibility index (Phi) is 4.71. The average Bonchev–Trinajstić information content (AvgIpc) is 2.39. The number of nitrogens with zero attached hydrogens (tertiary/aromatic N) is 2. The van der Waals surface area contributed by atoms with Crippen molar-refractivity contribution in [1.29, 1.82) is 0 Å². The maximum absolute atomic E-state index is 13.2. The van der Waals surface area contributed by atoms with Gasteiger partial charge in [-0.1, -0.05) is 0 Å². The Morgan fingerprint density at radius 2 is 2.11 bits per heavy atom. The van der Waals surface area contributed by atoms with E-state index in [-0.39, 0.29) is 5.82 Å². The normalized spacial score (nSPS) is 10.3. The van der Waals surface area contributed by atoms with Crippen LogP contribution in [0.4, 0.5) is 10.2 Å². The fraction of sp³-hybridized carbons (Fsp3) is 0.167. The van der Waals surface area contributed by atoms with Crippen molar-refractivity contribution in [2.75, 3.05) is 11.9 Å². The van der Waals surface area contributed by atoms with Gasteiger partial charge >= 0.3 is 0 Å². The van der Waals surface area contributed by atoms with Gasteiger partial charge < -0.3 is 10.1 Å². The van der Waals surface area contributed by atoms with Crippen molar-refractivity contribution >= 4 is 37.7 Å². The van der Waals surface area contributed by atoms with Crippen LogP contribution in [0.25, 0.3) is 0 Å². The van der Waals surface area contributed by atoms with Crippen LogP contribution in [0.3, 0.4) is 0 Å². The minimum atomic E-state index is -0.379. The molecular weight excluding hydrogens is 381 g/mol. The molecule has 0 atom stereocenters. The standard InChI is InChI=1S/C12H10Br2FN3O/c1-2-16-11-10(14)12(18-6-17-11)19-9-5-7(15)3-4-8(9)13/h3-6H,2H2,1H3,(H,16,17,18). The summed E-state index contributed by atoms with van der Waals surface area (Å²) in [6.07, 6.45) is 1.38. The van der Waals surface area contributed by atoms with E-state index < -0.39 is 0 Å². The van der Waals surface area contributed by atoms with Gasteiger partial charge in [-0.15, -0.1) is 0 Å². The molecule has 0 radical (unpaired) electrons. The molecule has 19 heavy (non-hydrogen) atoms. The summed E-state index contributed by atoms with van der Waals surface area (Å²) < 4.78 is 20.0. The maximum atomic E-state index is 13.2. The van der Waals surface area contributed by atoms with Crippen LogP contribution in [-0.4, -0.2) is 16.5 Å². The summed E-state index contributed by atoms with van der Waals surface area (Å²) in [6, 6.07) is 4.20. The first-order valence-electron chi connectivity index (χ1n) is 5.49. The molecule has 0 saturated heterocycles. The second kappa shape index (κ2) is 6.29. The van der Waals surface area contributed by atoms with E-state index in [1.165, 1.54) is 18.5 Å². The van der Waals surface area contributed by atoms with Gasteiger partial charge in [0.05, 0.1) is 4.47 Å². The molecule has 0 aliphatic rings. The van der Waals surface area contributed by atoms with Gasteiger partial charge in [-0.25, -0.2) is 14.4 Å². The molecule has 4 nitrogen and oxygen atoms in total. The minimum absolute atomic E-state index is 0.317. The number of benzene rings is 1. The third kappa shape index (κ3) is 3.42. The molecule has 7 heteroatoms. The third-order valence-electron chi connectivity index (χ3n) is 2.20. The van der Waals surface area contributed by atoms with Crippen molar-refractivity contribution in [3.8, 4) is 11.6 Å². The smallest absolute Gasteiger partial charge is 0.238 e. The van der Waals surface area contributed by atoms with E-state index in [1.807, 2.05) is 6.92 Å². The van der Waals surface area contributed by atoms with E-state index in [4.69, 9.17) is 4.74 Å². The lowest BCUT2D eigenvalue weighted by Crippen LogP contribution is -2.02. The third-order valence-corrected chi connectivity index (χ3v) is 3.57. The Balaban J connectivity index is 2.33. The summed E-state index contributed by atoms with van der Waals surface area (Å²) in [6.45, 7) is 2.68. The first-order valence-corrected chi connectivity index (χ1v) is 7.07. The summed E-state index contributed by atoms with van der Waals surface area (Å²) in [5.41, 5.74) is 0. The number of hydrogen-bond donors (Lipinski definition) is 1. The second-order valence-corrected chi connectivity index (χ2v) is 5.20. The molecular formula is C12H10Br2FN3O. The zero-order valence-electron chi connectivity index (χ0n) is 9.95. The molecule has 0 unspecified atom stereocenters. The first-order chi connectivity index (χ1) is 9.11. The number of anilines is 1. The number of halogens is 3. The highest BCUT2D eigenvalue weighted by Gasteiger charge is 2.12. The molecule has 0 aliphatic carbocycles. The van der Waals surface area contributed by atoms with Gasteiger partial charge in [0, 0.05) is 12.6 Å². The molecule has 1 heterocycles. The lowest BCUT2D eigenvalue weighted by Gasteiger charge is -2.11. The van der Waals surface area contributed by atoms with E-state index in [9.17, 15) is 4.39 Å². The Morgan fingerprint density at radius 3 is 2.84 bits per heavy atom. The number of nitrogens with one attached hydrogen (secondary N) is 1. The summed E-state index contributed by atoms with van der Waals surface area (Å²) in [5, 5.41) is 3.06. The highest BCUT2D eigenvalue weighted by atomic mass is 79.9. The van der Waals surface area contributed by atoms with Crippen LogP contribution in [0.5, 0.6) is 11.6 Å². The van der Waals surface area contributed by atoms with Gasteiger partial charge in [-0.2, -0.15) is 0 Å². The van der Waals surface area contributed by atoms with Gasteiger partial charge in [-0.3, -0.25) is 0 Å². The molecule has 0 spiro atoms. The summed E-state index contributed by atoms with van der Waals surface area (Å²) in [5.74, 6) is 0.911. The van der Waals surface area contributed by atoms with E-state index in [1.54, 1.807) is 6.07 Å². The number of aromatic nitrogens is 2. The van der Waals surface area contributed by atoms with Gasteiger partial charge in [-0.05, 0) is 50.9 Å². The Morgan fingerprint density at radius 1 is 1.32 bits per heavy atom. The van der Waals surface area contributed by atoms with Crippen LogP contribution in [-0.2, 0) is 0 Å². The molecule has 1 N–H and O–H groups in total. The van der Waals surface area contributed by atoms with E-state index in [0.717, 1.165) is 6.54 Å². The fourth-order valence-corrected chi connectivity index (χ4v) is 2.13. The summed E-state index contributed by atoms with van der Waals surface area (Å²) >= 11 is 6.66. The highest BCUT2D eigenvalue weighted by molar-refractivity contribution is 9.11. The lowest BCUT2D eigenvalue weighted by atomic mass is 10.3. The fourth-order valence-electron chi connectivity index (χ4n) is 1.38. The van der Waals surface area contributed by atoms with Crippen molar-refractivity contribution in [3.05, 3.63) is 39.3 Å². The average molecular weight is 391 g/mol. The van der Waals surface area contributed by atoms with Gasteiger partial charge in [0.2, 0.25) is 5.88 Å². The van der Waals surface area contributed by atoms with E-state index in [0.29, 0.717) is 26.4 Å². The predicted octanol–water partition coefficient (Wildman–Crippen LogP) is 4.36. The van der Waals surface area contributed by atoms with Gasteiger partial charge in [0.15, 0.2) is 0 Å². The second-order valence-electron chi connectivity index (χ2n) is 3.55. The highest BCUT2D eigenvalue weighted by Crippen LogP contribution is 2.35. The van der Waals surface area contributed by atoms with Crippen molar-refractivity contribution < 1.29 is 9.13 Å². The van der Waals surface area contributed by atoms with Gasteiger partial charge in [0.1, 0.15) is 28.2 Å². The van der Waals surface area contributed by atoms with Crippen LogP contribution in [0.1, 0.15) is 6.92 Å². The quantitative estimate of drug-likeness (QED) is 0.842. The molecule has 1 aromatic carbocycles. The molecule has 2 rings (SSSR count). The largest absolute Gasteiger partial charge is 0.436 e. The van der Waals surface area contributed by atoms with Crippen LogP contribution in [0, 0.1) is 5.82 Å². The molecule has 0 fully saturated rings. The van der Waals surface area contributed by atoms with Crippen molar-refractivity contribution in [1.82, 2.24) is 9.97 Å². The first kappa shape index (κ1) is 14.2. The van der Waals surface area contributed by atoms with E-state index >= 15 is 0 Å². The number of ether oxygens (including phenoxy) is 1. The summed E-state index contributed by atoms with van der Waals surface area (Å²) in [7, 11) is 0. The molecule has 0 aliphatic heterocycles. The molecule has 0 bridgehead atoms. The molecule has 2 aromatic rings. The lowest BCUT2D eigenvalue weighted by molar-refractivity contribution is 0.451. The monoisotopic (exact) mass is 389 g/mol. The number of hydrogen-bond acceptors (Lipinski definition) is 4. The van der Waals surface area contributed by atoms with Crippen molar-refractivity contribution in [3.63, 3.8) is 0 Å². The maximum Gasteiger partial charge on any atom is 0.238 e. The summed E-state index contributed by atoms with van der Waals surface area (Å²) in [4.78, 5) is 8.10. The zero-order valence-corrected chi connectivity index (χ0v) is 13.1. The molecule has 1 aromatic heterocycles. The van der Waals surface area contributed by atoms with Crippen LogP contribution >= 0.6 is 31.9 Å². The van der Waals surface area contributed by atoms with Crippen LogP contribution < -0.4 is 10.1 Å². The van der Waals surface area contributed by atoms with Crippen LogP contribution in [0.15, 0.2) is 33.5 Å². The Hall–Kier alpha value is -1.21.